The maximum atomic E-state index is 10.5. The minimum atomic E-state index is -0.702. The molecule has 0 heterocycles. The molecule has 0 aromatic rings. The van der Waals surface area contributed by atoms with Crippen molar-refractivity contribution in [2.24, 2.45) is 0 Å². The van der Waals surface area contributed by atoms with Gasteiger partial charge in [-0.15, -0.1) is 0 Å². The summed E-state index contributed by atoms with van der Waals surface area (Å²) in [6, 6.07) is 0. The molecule has 0 atom stereocenters. The molecule has 0 bridgehead atoms. The lowest BCUT2D eigenvalue weighted by Gasteiger charge is -1.96. The normalized spacial score (nSPS) is 7.56. The molecule has 0 aliphatic heterocycles. The molecule has 18 heavy (non-hydrogen) atoms. The fourth-order valence-electron chi connectivity index (χ4n) is 0.523. The summed E-state index contributed by atoms with van der Waals surface area (Å²) >= 11 is 0. The van der Waals surface area contributed by atoms with Crippen LogP contribution in [0, 0.1) is 0 Å². The van der Waals surface area contributed by atoms with E-state index in [1.807, 2.05) is 0 Å². The summed E-state index contributed by atoms with van der Waals surface area (Å²) in [4.78, 5) is 21.0. The third kappa shape index (κ3) is 15.9. The molecule has 0 N–H and O–H groups in total. The molecule has 0 saturated heterocycles. The zero-order valence-electron chi connectivity index (χ0n) is 10.0. The van der Waals surface area contributed by atoms with Crippen molar-refractivity contribution in [3.63, 3.8) is 0 Å². The van der Waals surface area contributed by atoms with Gasteiger partial charge in [0.05, 0.1) is 25.0 Å². The molecule has 0 saturated carbocycles. The quantitative estimate of drug-likeness (QED) is 0.217. The van der Waals surface area contributed by atoms with Crippen molar-refractivity contribution in [1.82, 2.24) is 0 Å². The smallest absolute Gasteiger partial charge is 0.321 e. The van der Waals surface area contributed by atoms with E-state index in [9.17, 15) is 9.59 Å². The van der Waals surface area contributed by atoms with Gasteiger partial charge in [-0.25, -0.2) is 0 Å². The third-order valence-corrected chi connectivity index (χ3v) is 1.09. The summed E-state index contributed by atoms with van der Waals surface area (Å²) in [5, 5.41) is 0. The van der Waals surface area contributed by atoms with E-state index in [2.05, 4.69) is 45.3 Å². The van der Waals surface area contributed by atoms with Crippen molar-refractivity contribution in [3.8, 4) is 0 Å². The molecule has 0 fully saturated rings. The fourth-order valence-corrected chi connectivity index (χ4v) is 0.523. The monoisotopic (exact) mass is 256 g/mol. The van der Waals surface area contributed by atoms with Crippen LogP contribution >= 0.6 is 0 Å². The lowest BCUT2D eigenvalue weighted by atomic mass is 10.4. The average molecular weight is 256 g/mol. The second-order valence-electron chi connectivity index (χ2n) is 2.27. The van der Waals surface area contributed by atoms with Gasteiger partial charge in [0, 0.05) is 0 Å². The Morgan fingerprint density at radius 1 is 0.778 bits per heavy atom. The van der Waals surface area contributed by atoms with E-state index in [1.54, 1.807) is 0 Å². The van der Waals surface area contributed by atoms with E-state index in [-0.39, 0.29) is 6.79 Å². The summed E-state index contributed by atoms with van der Waals surface area (Å²) in [6.45, 7) is 13.1. The molecule has 0 spiro atoms. The van der Waals surface area contributed by atoms with Gasteiger partial charge in [0.25, 0.3) is 0 Å². The Morgan fingerprint density at radius 3 is 1.44 bits per heavy atom. The highest BCUT2D eigenvalue weighted by molar-refractivity contribution is 5.91. The SMILES string of the molecule is C=COC(=O)CC(=O)OC=C.C=COCOC=C. The molecule has 0 unspecified atom stereocenters. The summed E-state index contributed by atoms with van der Waals surface area (Å²) in [5.74, 6) is -1.40. The molecule has 0 rings (SSSR count). The number of esters is 2. The van der Waals surface area contributed by atoms with Gasteiger partial charge in [0.2, 0.25) is 6.79 Å². The zero-order chi connectivity index (χ0) is 14.2. The summed E-state index contributed by atoms with van der Waals surface area (Å²) in [7, 11) is 0. The van der Waals surface area contributed by atoms with E-state index < -0.39 is 18.4 Å². The van der Waals surface area contributed by atoms with Crippen molar-refractivity contribution < 1.29 is 28.5 Å². The Bertz CT molecular complexity index is 267. The van der Waals surface area contributed by atoms with Crippen LogP contribution in [0.25, 0.3) is 0 Å². The summed E-state index contributed by atoms with van der Waals surface area (Å²) in [6.07, 6.45) is 4.08. The highest BCUT2D eigenvalue weighted by atomic mass is 16.7. The van der Waals surface area contributed by atoms with Gasteiger partial charge >= 0.3 is 11.9 Å². The van der Waals surface area contributed by atoms with Crippen LogP contribution in [0.3, 0.4) is 0 Å². The molecule has 0 radical (unpaired) electrons. The molecular formula is C12H16O6. The van der Waals surface area contributed by atoms with Gasteiger partial charge in [-0.2, -0.15) is 0 Å². The number of hydrogen-bond donors (Lipinski definition) is 0. The second-order valence-corrected chi connectivity index (χ2v) is 2.27. The number of carbonyl (C=O) groups is 2. The van der Waals surface area contributed by atoms with E-state index in [0.717, 1.165) is 12.5 Å². The number of ether oxygens (including phenoxy) is 4. The molecule has 6 heteroatoms. The molecule has 0 aromatic carbocycles. The standard InChI is InChI=1S/C7H8O4.C5H8O2/c1-3-10-6(8)5-7(9)11-4-2;1-3-6-5-7-4-2/h3-4H,1-2,5H2;3-4H,1-2,5H2. The van der Waals surface area contributed by atoms with E-state index in [4.69, 9.17) is 0 Å². The fraction of sp³-hybridized carbons (Fsp3) is 0.167. The van der Waals surface area contributed by atoms with Crippen molar-refractivity contribution in [3.05, 3.63) is 51.4 Å². The van der Waals surface area contributed by atoms with Gasteiger partial charge in [0.1, 0.15) is 6.42 Å². The van der Waals surface area contributed by atoms with Crippen molar-refractivity contribution in [2.45, 2.75) is 6.42 Å². The predicted molar refractivity (Wildman–Crippen MR) is 64.6 cm³/mol. The molecular weight excluding hydrogens is 240 g/mol. The van der Waals surface area contributed by atoms with Gasteiger partial charge in [0.15, 0.2) is 0 Å². The highest BCUT2D eigenvalue weighted by Gasteiger charge is 2.09. The number of carbonyl (C=O) groups excluding carboxylic acids is 2. The largest absolute Gasteiger partial charge is 0.466 e. The first-order chi connectivity index (χ1) is 8.62. The van der Waals surface area contributed by atoms with Crippen molar-refractivity contribution >= 4 is 11.9 Å². The Morgan fingerprint density at radius 2 is 1.17 bits per heavy atom. The first-order valence-electron chi connectivity index (χ1n) is 4.68. The Kier molecular flexibility index (Phi) is 14.4. The lowest BCUT2D eigenvalue weighted by Crippen LogP contribution is -2.09. The van der Waals surface area contributed by atoms with Crippen LogP contribution in [0.2, 0.25) is 0 Å². The van der Waals surface area contributed by atoms with E-state index >= 15 is 0 Å². The van der Waals surface area contributed by atoms with Crippen LogP contribution in [-0.4, -0.2) is 18.7 Å². The van der Waals surface area contributed by atoms with Crippen LogP contribution in [-0.2, 0) is 28.5 Å². The maximum Gasteiger partial charge on any atom is 0.321 e. The molecule has 0 aliphatic rings. The van der Waals surface area contributed by atoms with Crippen LogP contribution in [0.1, 0.15) is 6.42 Å². The molecule has 0 amide bonds. The summed E-state index contributed by atoms with van der Waals surface area (Å²) < 4.78 is 17.6. The van der Waals surface area contributed by atoms with Crippen LogP contribution in [0.15, 0.2) is 51.4 Å². The van der Waals surface area contributed by atoms with Gasteiger partial charge in [-0.1, -0.05) is 26.3 Å². The van der Waals surface area contributed by atoms with Crippen molar-refractivity contribution in [1.29, 1.82) is 0 Å². The molecule has 100 valence electrons. The number of rotatable bonds is 8. The van der Waals surface area contributed by atoms with Crippen LogP contribution in [0.4, 0.5) is 0 Å². The van der Waals surface area contributed by atoms with E-state index in [0.29, 0.717) is 0 Å². The van der Waals surface area contributed by atoms with Crippen molar-refractivity contribution in [2.75, 3.05) is 6.79 Å². The second kappa shape index (κ2) is 14.5. The van der Waals surface area contributed by atoms with Gasteiger partial charge in [-0.05, 0) is 0 Å². The van der Waals surface area contributed by atoms with E-state index in [1.165, 1.54) is 12.5 Å². The zero-order valence-corrected chi connectivity index (χ0v) is 10.0. The molecule has 0 aromatic heterocycles. The first-order valence-corrected chi connectivity index (χ1v) is 4.68. The van der Waals surface area contributed by atoms with Gasteiger partial charge in [-0.3, -0.25) is 9.59 Å². The van der Waals surface area contributed by atoms with Crippen LogP contribution in [0.5, 0.6) is 0 Å². The maximum absolute atomic E-state index is 10.5. The third-order valence-electron chi connectivity index (χ3n) is 1.09. The summed E-state index contributed by atoms with van der Waals surface area (Å²) in [5.41, 5.74) is 0. The number of hydrogen-bond acceptors (Lipinski definition) is 6. The van der Waals surface area contributed by atoms with Gasteiger partial charge < -0.3 is 18.9 Å². The average Bonchev–Trinajstić information content (AvgIpc) is 2.31. The van der Waals surface area contributed by atoms with Crippen LogP contribution < -0.4 is 0 Å². The minimum Gasteiger partial charge on any atom is -0.466 e. The first kappa shape index (κ1) is 17.9. The molecule has 0 aliphatic carbocycles. The highest BCUT2D eigenvalue weighted by Crippen LogP contribution is 1.90. The Balaban J connectivity index is 0. The topological polar surface area (TPSA) is 71.1 Å². The predicted octanol–water partition coefficient (Wildman–Crippen LogP) is 2.01. The lowest BCUT2D eigenvalue weighted by molar-refractivity contribution is -0.148. The Labute approximate surface area is 106 Å². The Hall–Kier alpha value is -2.50. The minimum absolute atomic E-state index is 0.201. The molecule has 6 nitrogen and oxygen atoms in total.